The number of rotatable bonds is 2. The fraction of sp³-hybridized carbons (Fsp3) is 0.387. The van der Waals surface area contributed by atoms with Crippen molar-refractivity contribution < 1.29 is 8.98 Å². The van der Waals surface area contributed by atoms with Crippen molar-refractivity contribution in [3.63, 3.8) is 0 Å². The van der Waals surface area contributed by atoms with E-state index in [1.807, 2.05) is 0 Å². The molecule has 174 valence electrons. The molecule has 6 rings (SSSR count). The lowest BCUT2D eigenvalue weighted by Crippen LogP contribution is -2.37. The quantitative estimate of drug-likeness (QED) is 0.253. The van der Waals surface area contributed by atoms with Gasteiger partial charge in [0.25, 0.3) is 5.82 Å². The van der Waals surface area contributed by atoms with Gasteiger partial charge in [-0.25, -0.2) is 9.13 Å². The van der Waals surface area contributed by atoms with Crippen molar-refractivity contribution in [2.45, 2.75) is 66.3 Å². The SMILES string of the molecule is Cc1ccc2c(oc3ccccc32)c1-c1n(C)c2ccc(CC(C)(C)C)c3c2[n+]1CCCCC3. The van der Waals surface area contributed by atoms with Crippen molar-refractivity contribution in [1.29, 1.82) is 0 Å². The molecule has 0 bridgehead atoms. The molecule has 1 aliphatic heterocycles. The lowest BCUT2D eigenvalue weighted by molar-refractivity contribution is -0.662. The molecule has 3 heterocycles. The van der Waals surface area contributed by atoms with Gasteiger partial charge in [0.1, 0.15) is 11.1 Å². The van der Waals surface area contributed by atoms with Crippen LogP contribution < -0.4 is 4.57 Å². The predicted molar refractivity (Wildman–Crippen MR) is 141 cm³/mol. The van der Waals surface area contributed by atoms with Crippen molar-refractivity contribution in [1.82, 2.24) is 4.57 Å². The lowest BCUT2D eigenvalue weighted by atomic mass is 9.84. The monoisotopic (exact) mass is 451 g/mol. The highest BCUT2D eigenvalue weighted by molar-refractivity contribution is 6.09. The highest BCUT2D eigenvalue weighted by Gasteiger charge is 2.32. The molecule has 1 aliphatic rings. The number of aromatic nitrogens is 2. The highest BCUT2D eigenvalue weighted by atomic mass is 16.3. The van der Waals surface area contributed by atoms with Crippen LogP contribution in [0.4, 0.5) is 0 Å². The van der Waals surface area contributed by atoms with Crippen LogP contribution >= 0.6 is 0 Å². The summed E-state index contributed by atoms with van der Waals surface area (Å²) in [6.07, 6.45) is 6.05. The molecular weight excluding hydrogens is 416 g/mol. The highest BCUT2D eigenvalue weighted by Crippen LogP contribution is 2.39. The van der Waals surface area contributed by atoms with Crippen LogP contribution in [-0.2, 0) is 26.4 Å². The van der Waals surface area contributed by atoms with Gasteiger partial charge in [-0.1, -0.05) is 57.2 Å². The van der Waals surface area contributed by atoms with Crippen molar-refractivity contribution in [2.24, 2.45) is 12.5 Å². The van der Waals surface area contributed by atoms with E-state index in [1.165, 1.54) is 70.0 Å². The van der Waals surface area contributed by atoms with E-state index in [1.54, 1.807) is 5.56 Å². The first-order valence-electron chi connectivity index (χ1n) is 12.8. The first-order chi connectivity index (χ1) is 16.3. The zero-order valence-corrected chi connectivity index (χ0v) is 21.2. The maximum atomic E-state index is 6.54. The van der Waals surface area contributed by atoms with Crippen LogP contribution in [0.5, 0.6) is 0 Å². The van der Waals surface area contributed by atoms with Gasteiger partial charge in [-0.05, 0) is 67.7 Å². The number of hydrogen-bond acceptors (Lipinski definition) is 1. The maximum Gasteiger partial charge on any atom is 0.293 e. The molecule has 0 radical (unpaired) electrons. The standard InChI is InChI=1S/C31H35N2O/c1-20-14-16-24-23-12-8-9-13-26(23)34-29(24)27(20)30-32(5)25-17-15-21(19-31(2,3)4)22-11-7-6-10-18-33(30)28(22)25/h8-9,12-17H,6-7,10-11,18-19H2,1-5H3/q+1. The van der Waals surface area contributed by atoms with Crippen molar-refractivity contribution in [3.8, 4) is 11.4 Å². The van der Waals surface area contributed by atoms with Gasteiger partial charge >= 0.3 is 0 Å². The summed E-state index contributed by atoms with van der Waals surface area (Å²) in [4.78, 5) is 0. The summed E-state index contributed by atoms with van der Waals surface area (Å²) in [6, 6.07) is 17.7. The van der Waals surface area contributed by atoms with E-state index in [0.29, 0.717) is 0 Å². The van der Waals surface area contributed by atoms with Gasteiger partial charge in [-0.15, -0.1) is 0 Å². The summed E-state index contributed by atoms with van der Waals surface area (Å²) in [7, 11) is 2.24. The maximum absolute atomic E-state index is 6.54. The van der Waals surface area contributed by atoms with Gasteiger partial charge in [-0.3, -0.25) is 0 Å². The van der Waals surface area contributed by atoms with Gasteiger partial charge in [0.05, 0.1) is 13.6 Å². The fourth-order valence-corrected chi connectivity index (χ4v) is 6.09. The minimum Gasteiger partial charge on any atom is -0.455 e. The normalized spacial score (nSPS) is 14.7. The molecule has 3 nitrogen and oxygen atoms in total. The van der Waals surface area contributed by atoms with Gasteiger partial charge in [0.2, 0.25) is 0 Å². The Morgan fingerprint density at radius 3 is 2.59 bits per heavy atom. The second kappa shape index (κ2) is 7.73. The number of hydrogen-bond donors (Lipinski definition) is 0. The van der Waals surface area contributed by atoms with Crippen molar-refractivity contribution in [2.75, 3.05) is 0 Å². The molecule has 34 heavy (non-hydrogen) atoms. The predicted octanol–water partition coefficient (Wildman–Crippen LogP) is 7.66. The third-order valence-corrected chi connectivity index (χ3v) is 7.57. The molecule has 0 amide bonds. The van der Waals surface area contributed by atoms with E-state index in [0.717, 1.165) is 24.1 Å². The van der Waals surface area contributed by atoms with E-state index in [-0.39, 0.29) is 5.41 Å². The molecule has 2 aromatic heterocycles. The van der Waals surface area contributed by atoms with Crippen LogP contribution in [0.15, 0.2) is 52.9 Å². The van der Waals surface area contributed by atoms with E-state index in [4.69, 9.17) is 4.42 Å². The van der Waals surface area contributed by atoms with Crippen molar-refractivity contribution >= 4 is 33.0 Å². The number of fused-ring (bicyclic) bond motifs is 3. The van der Waals surface area contributed by atoms with Gasteiger partial charge < -0.3 is 4.42 Å². The number of para-hydroxylation sites is 1. The Balaban J connectivity index is 1.71. The number of aryl methyl sites for hydroxylation is 4. The molecule has 0 fully saturated rings. The fourth-order valence-electron chi connectivity index (χ4n) is 6.09. The average Bonchev–Trinajstić information content (AvgIpc) is 3.27. The average molecular weight is 452 g/mol. The Morgan fingerprint density at radius 2 is 1.76 bits per heavy atom. The zero-order chi connectivity index (χ0) is 23.6. The Morgan fingerprint density at radius 1 is 0.941 bits per heavy atom. The van der Waals surface area contributed by atoms with Crippen LogP contribution in [-0.4, -0.2) is 4.57 Å². The van der Waals surface area contributed by atoms with E-state index in [9.17, 15) is 0 Å². The Bertz CT molecular complexity index is 1560. The Hall–Kier alpha value is -3.07. The minimum atomic E-state index is 0.269. The third kappa shape index (κ3) is 3.28. The van der Waals surface area contributed by atoms with Gasteiger partial charge in [0.15, 0.2) is 16.6 Å². The van der Waals surface area contributed by atoms with Gasteiger partial charge in [0, 0.05) is 16.3 Å². The van der Waals surface area contributed by atoms with Crippen molar-refractivity contribution in [3.05, 3.63) is 65.2 Å². The third-order valence-electron chi connectivity index (χ3n) is 7.57. The first kappa shape index (κ1) is 21.5. The van der Waals surface area contributed by atoms with Crippen LogP contribution in [0, 0.1) is 12.3 Å². The van der Waals surface area contributed by atoms with E-state index < -0.39 is 0 Å². The molecule has 0 atom stereocenters. The summed E-state index contributed by atoms with van der Waals surface area (Å²) < 4.78 is 11.6. The number of furan rings is 1. The van der Waals surface area contributed by atoms with E-state index >= 15 is 0 Å². The molecule has 3 heteroatoms. The molecule has 5 aromatic rings. The minimum absolute atomic E-state index is 0.269. The second-order valence-corrected chi connectivity index (χ2v) is 11.4. The van der Waals surface area contributed by atoms with Crippen LogP contribution in [0.1, 0.15) is 56.7 Å². The smallest absolute Gasteiger partial charge is 0.293 e. The summed E-state index contributed by atoms with van der Waals surface area (Å²) in [6.45, 7) is 10.3. The van der Waals surface area contributed by atoms with Crippen LogP contribution in [0.3, 0.4) is 0 Å². The molecule has 3 aromatic carbocycles. The molecular formula is C31H35N2O+. The molecule has 0 N–H and O–H groups in total. The second-order valence-electron chi connectivity index (χ2n) is 11.4. The largest absolute Gasteiger partial charge is 0.455 e. The van der Waals surface area contributed by atoms with Gasteiger partial charge in [-0.2, -0.15) is 0 Å². The first-order valence-corrected chi connectivity index (χ1v) is 12.8. The summed E-state index contributed by atoms with van der Waals surface area (Å²) >= 11 is 0. The number of benzene rings is 3. The molecule has 0 unspecified atom stereocenters. The molecule has 0 spiro atoms. The molecule has 0 saturated heterocycles. The molecule has 0 aliphatic carbocycles. The van der Waals surface area contributed by atoms with Crippen LogP contribution in [0.25, 0.3) is 44.4 Å². The topological polar surface area (TPSA) is 21.9 Å². The number of nitrogens with zero attached hydrogens (tertiary/aromatic N) is 2. The lowest BCUT2D eigenvalue weighted by Gasteiger charge is -2.21. The zero-order valence-electron chi connectivity index (χ0n) is 21.2. The number of imidazole rings is 1. The Labute approximate surface area is 202 Å². The van der Waals surface area contributed by atoms with Crippen LogP contribution in [0.2, 0.25) is 0 Å². The summed E-state index contributed by atoms with van der Waals surface area (Å²) in [5.41, 5.74) is 10.6. The molecule has 0 saturated carbocycles. The Kier molecular flexibility index (Phi) is 4.88. The summed E-state index contributed by atoms with van der Waals surface area (Å²) in [5.74, 6) is 1.27. The summed E-state index contributed by atoms with van der Waals surface area (Å²) in [5, 5.41) is 2.40. The van der Waals surface area contributed by atoms with E-state index in [2.05, 4.69) is 92.4 Å².